The number of rotatable bonds is 4. The van der Waals surface area contributed by atoms with Crippen molar-refractivity contribution < 1.29 is 38.0 Å². The standard InChI is InChI=1S/C14H12ClN2O2S.Na/c1-11-2-8-14(9-3-11)20(18,19)17-16-10-12-4-6-13(15)7-5-12;/h2-10H,1H3;/q-1;+1/b16-10+;. The van der Waals surface area contributed by atoms with E-state index in [2.05, 4.69) is 9.93 Å². The Balaban J connectivity index is 0.00000220. The maximum atomic E-state index is 11.9. The van der Waals surface area contributed by atoms with Crippen molar-refractivity contribution in [1.29, 1.82) is 0 Å². The summed E-state index contributed by atoms with van der Waals surface area (Å²) in [6, 6.07) is 13.3. The van der Waals surface area contributed by atoms with Crippen LogP contribution in [0.3, 0.4) is 0 Å². The largest absolute Gasteiger partial charge is 1.00 e. The van der Waals surface area contributed by atoms with Crippen LogP contribution in [0.4, 0.5) is 0 Å². The van der Waals surface area contributed by atoms with Crippen molar-refractivity contribution in [3.63, 3.8) is 0 Å². The van der Waals surface area contributed by atoms with E-state index in [1.54, 1.807) is 36.4 Å². The van der Waals surface area contributed by atoms with Crippen molar-refractivity contribution in [1.82, 2.24) is 0 Å². The van der Waals surface area contributed by atoms with E-state index < -0.39 is 10.0 Å². The third-order valence-electron chi connectivity index (χ3n) is 2.55. The Morgan fingerprint density at radius 2 is 1.62 bits per heavy atom. The summed E-state index contributed by atoms with van der Waals surface area (Å²) in [7, 11) is -3.75. The molecule has 4 nitrogen and oxygen atoms in total. The predicted molar refractivity (Wildman–Crippen MR) is 80.8 cm³/mol. The van der Waals surface area contributed by atoms with Gasteiger partial charge in [0.1, 0.15) is 10.0 Å². The number of benzene rings is 2. The number of aryl methyl sites for hydroxylation is 1. The fourth-order valence-electron chi connectivity index (χ4n) is 1.46. The molecule has 21 heavy (non-hydrogen) atoms. The molecule has 0 spiro atoms. The van der Waals surface area contributed by atoms with Gasteiger partial charge in [-0.05, 0) is 36.8 Å². The topological polar surface area (TPSA) is 60.6 Å². The molecule has 2 aromatic rings. The molecule has 0 aliphatic carbocycles. The van der Waals surface area contributed by atoms with E-state index in [4.69, 9.17) is 11.6 Å². The van der Waals surface area contributed by atoms with E-state index in [1.165, 1.54) is 18.3 Å². The average Bonchev–Trinajstić information content (AvgIpc) is 2.41. The van der Waals surface area contributed by atoms with E-state index in [0.29, 0.717) is 5.02 Å². The maximum absolute atomic E-state index is 11.9. The van der Waals surface area contributed by atoms with Crippen LogP contribution in [-0.2, 0) is 10.0 Å². The fraction of sp³-hybridized carbons (Fsp3) is 0.0714. The van der Waals surface area contributed by atoms with Gasteiger partial charge in [-0.15, -0.1) is 0 Å². The molecule has 0 bridgehead atoms. The maximum Gasteiger partial charge on any atom is 1.00 e. The van der Waals surface area contributed by atoms with E-state index >= 15 is 0 Å². The smallest absolute Gasteiger partial charge is 0.491 e. The van der Waals surface area contributed by atoms with E-state index in [9.17, 15) is 8.42 Å². The predicted octanol–water partition coefficient (Wildman–Crippen LogP) is 0.749. The van der Waals surface area contributed by atoms with Crippen LogP contribution in [0.25, 0.3) is 4.83 Å². The quantitative estimate of drug-likeness (QED) is 0.472. The Morgan fingerprint density at radius 3 is 2.19 bits per heavy atom. The van der Waals surface area contributed by atoms with Crippen LogP contribution < -0.4 is 29.6 Å². The summed E-state index contributed by atoms with van der Waals surface area (Å²) in [5.41, 5.74) is 1.70. The van der Waals surface area contributed by atoms with Gasteiger partial charge in [-0.1, -0.05) is 41.4 Å². The molecule has 0 aromatic heterocycles. The number of nitrogens with zero attached hydrogens (tertiary/aromatic N) is 2. The van der Waals surface area contributed by atoms with Crippen molar-refractivity contribution in [3.05, 3.63) is 69.5 Å². The van der Waals surface area contributed by atoms with Gasteiger partial charge in [0.2, 0.25) is 0 Å². The van der Waals surface area contributed by atoms with Crippen molar-refractivity contribution >= 4 is 27.8 Å². The number of sulfonamides is 1. The van der Waals surface area contributed by atoms with E-state index in [1.807, 2.05) is 6.92 Å². The molecule has 0 atom stereocenters. The van der Waals surface area contributed by atoms with Gasteiger partial charge in [-0.2, -0.15) is 0 Å². The molecule has 0 radical (unpaired) electrons. The Bertz CT molecular complexity index is 714. The summed E-state index contributed by atoms with van der Waals surface area (Å²) in [4.78, 5) is 3.50. The van der Waals surface area contributed by atoms with E-state index in [0.717, 1.165) is 11.1 Å². The van der Waals surface area contributed by atoms with Gasteiger partial charge >= 0.3 is 29.6 Å². The second-order valence-corrected chi connectivity index (χ2v) is 6.19. The first-order valence-corrected chi connectivity index (χ1v) is 7.62. The SMILES string of the molecule is Cc1ccc(S(=O)(=O)[N-]/N=C/c2ccc(Cl)cc2)cc1.[Na+]. The zero-order valence-electron chi connectivity index (χ0n) is 11.7. The number of hydrogen-bond acceptors (Lipinski definition) is 3. The normalized spacial score (nSPS) is 11.1. The molecule has 2 rings (SSSR count). The van der Waals surface area contributed by atoms with Crippen LogP contribution in [0.1, 0.15) is 11.1 Å². The van der Waals surface area contributed by atoms with Gasteiger partial charge in [0.15, 0.2) is 0 Å². The van der Waals surface area contributed by atoms with Crippen LogP contribution in [-0.4, -0.2) is 14.6 Å². The van der Waals surface area contributed by atoms with Gasteiger partial charge < -0.3 is 9.93 Å². The monoisotopic (exact) mass is 330 g/mol. The summed E-state index contributed by atoms with van der Waals surface area (Å²) < 4.78 is 23.8. The first-order chi connectivity index (χ1) is 9.47. The molecule has 0 fully saturated rings. The number of hydrogen-bond donors (Lipinski definition) is 0. The summed E-state index contributed by atoms with van der Waals surface area (Å²) in [6.45, 7) is 1.88. The van der Waals surface area contributed by atoms with Crippen LogP contribution in [0, 0.1) is 6.92 Å². The van der Waals surface area contributed by atoms with Crippen molar-refractivity contribution in [2.45, 2.75) is 11.8 Å². The minimum absolute atomic E-state index is 0. The minimum Gasteiger partial charge on any atom is -0.491 e. The van der Waals surface area contributed by atoms with Crippen LogP contribution in [0.5, 0.6) is 0 Å². The van der Waals surface area contributed by atoms with Crippen molar-refractivity contribution in [2.75, 3.05) is 0 Å². The molecule has 104 valence electrons. The van der Waals surface area contributed by atoms with Crippen molar-refractivity contribution in [2.24, 2.45) is 5.10 Å². The molecule has 0 saturated heterocycles. The summed E-state index contributed by atoms with van der Waals surface area (Å²) in [6.07, 6.45) is 1.36. The second kappa shape index (κ2) is 7.96. The molecule has 0 N–H and O–H groups in total. The van der Waals surface area contributed by atoms with Crippen LogP contribution in [0.15, 0.2) is 58.5 Å². The average molecular weight is 331 g/mol. The Morgan fingerprint density at radius 1 is 1.05 bits per heavy atom. The molecule has 0 unspecified atom stereocenters. The Labute approximate surface area is 151 Å². The van der Waals surface area contributed by atoms with E-state index in [-0.39, 0.29) is 34.5 Å². The zero-order chi connectivity index (χ0) is 14.6. The molecular formula is C14H12ClN2NaO2S. The molecule has 0 amide bonds. The minimum atomic E-state index is -3.75. The molecule has 0 aliphatic heterocycles. The summed E-state index contributed by atoms with van der Waals surface area (Å²) in [5, 5.41) is 4.21. The first kappa shape index (κ1) is 18.2. The van der Waals surface area contributed by atoms with Gasteiger partial charge in [0, 0.05) is 11.2 Å². The molecule has 0 heterocycles. The summed E-state index contributed by atoms with van der Waals surface area (Å²) >= 11 is 5.75. The third-order valence-corrected chi connectivity index (χ3v) is 3.98. The molecule has 2 aromatic carbocycles. The van der Waals surface area contributed by atoms with Gasteiger partial charge in [-0.3, -0.25) is 0 Å². The molecule has 0 aliphatic rings. The van der Waals surface area contributed by atoms with Gasteiger partial charge in [-0.25, -0.2) is 8.42 Å². The summed E-state index contributed by atoms with van der Waals surface area (Å²) in [5.74, 6) is 0. The first-order valence-electron chi connectivity index (χ1n) is 5.80. The molecule has 7 heteroatoms. The second-order valence-electron chi connectivity index (χ2n) is 4.17. The third kappa shape index (κ3) is 5.45. The number of halogens is 1. The molecule has 0 saturated carbocycles. The van der Waals surface area contributed by atoms with Crippen LogP contribution >= 0.6 is 11.6 Å². The zero-order valence-corrected chi connectivity index (χ0v) is 15.3. The van der Waals surface area contributed by atoms with Crippen molar-refractivity contribution in [3.8, 4) is 0 Å². The molecular weight excluding hydrogens is 319 g/mol. The van der Waals surface area contributed by atoms with Gasteiger partial charge in [0.05, 0.1) is 4.90 Å². The van der Waals surface area contributed by atoms with Crippen LogP contribution in [0.2, 0.25) is 5.02 Å². The Kier molecular flexibility index (Phi) is 6.90. The fourth-order valence-corrected chi connectivity index (χ4v) is 2.33. The Hall–Kier alpha value is -0.850. The van der Waals surface area contributed by atoms with Gasteiger partial charge in [0.25, 0.3) is 0 Å².